The number of likely N-dealkylation sites (N-methyl/N-ethyl adjacent to an activating group) is 1. The highest BCUT2D eigenvalue weighted by atomic mass is 16.5. The van der Waals surface area contributed by atoms with Crippen molar-refractivity contribution in [3.63, 3.8) is 0 Å². The summed E-state index contributed by atoms with van der Waals surface area (Å²) in [5.74, 6) is 0.559. The predicted octanol–water partition coefficient (Wildman–Crippen LogP) is 1.95. The number of nitrogens with one attached hydrogen (secondary N) is 2. The van der Waals surface area contributed by atoms with E-state index in [9.17, 15) is 9.59 Å². The largest absolute Gasteiger partial charge is 0.489 e. The number of amides is 2. The summed E-state index contributed by atoms with van der Waals surface area (Å²) in [5, 5.41) is 5.87. The fourth-order valence-electron chi connectivity index (χ4n) is 2.85. The Hall–Kier alpha value is -2.28. The standard InChI is InChI=1S/C20H31N3O4/c1-6-20(2,3)22-18(24)12-15-13-27-17-8-7-14(11-16(17)23(15)4)19(25)21-9-10-26-5/h7-8,11,15H,6,9-10,12-13H2,1-5H3,(H,21,25)(H,22,24)/t15-/m0/s1. The van der Waals surface area contributed by atoms with Gasteiger partial charge in [-0.25, -0.2) is 0 Å². The molecule has 0 saturated carbocycles. The molecule has 0 saturated heterocycles. The molecular weight excluding hydrogens is 346 g/mol. The second kappa shape index (κ2) is 9.08. The van der Waals surface area contributed by atoms with Gasteiger partial charge in [0.15, 0.2) is 0 Å². The van der Waals surface area contributed by atoms with Crippen LogP contribution in [0.1, 0.15) is 44.0 Å². The van der Waals surface area contributed by atoms with E-state index in [0.717, 1.165) is 17.9 Å². The number of nitrogens with zero attached hydrogens (tertiary/aromatic N) is 1. The van der Waals surface area contributed by atoms with E-state index in [-0.39, 0.29) is 23.4 Å². The zero-order valence-electron chi connectivity index (χ0n) is 16.9. The Labute approximate surface area is 161 Å². The Morgan fingerprint density at radius 3 is 2.78 bits per heavy atom. The maximum Gasteiger partial charge on any atom is 0.251 e. The number of carbonyl (C=O) groups is 2. The van der Waals surface area contributed by atoms with Crippen LogP contribution in [0.25, 0.3) is 0 Å². The van der Waals surface area contributed by atoms with Gasteiger partial charge in [-0.3, -0.25) is 9.59 Å². The quantitative estimate of drug-likeness (QED) is 0.677. The van der Waals surface area contributed by atoms with Gasteiger partial charge in [-0.05, 0) is 38.5 Å². The molecule has 1 atom stereocenters. The van der Waals surface area contributed by atoms with Gasteiger partial charge in [0.25, 0.3) is 5.91 Å². The molecule has 7 nitrogen and oxygen atoms in total. The van der Waals surface area contributed by atoms with Crippen LogP contribution in [0.3, 0.4) is 0 Å². The first kappa shape index (κ1) is 21.0. The maximum atomic E-state index is 12.4. The first-order chi connectivity index (χ1) is 12.8. The molecule has 27 heavy (non-hydrogen) atoms. The molecule has 150 valence electrons. The number of anilines is 1. The average molecular weight is 377 g/mol. The van der Waals surface area contributed by atoms with Gasteiger partial charge in [0.1, 0.15) is 12.4 Å². The van der Waals surface area contributed by atoms with Gasteiger partial charge >= 0.3 is 0 Å². The van der Waals surface area contributed by atoms with Crippen LogP contribution in [0, 0.1) is 0 Å². The van der Waals surface area contributed by atoms with Crippen molar-refractivity contribution in [1.82, 2.24) is 10.6 Å². The summed E-state index contributed by atoms with van der Waals surface area (Å²) < 4.78 is 10.8. The molecule has 0 fully saturated rings. The van der Waals surface area contributed by atoms with Gasteiger partial charge in [0, 0.05) is 31.8 Å². The Kier molecular flexibility index (Phi) is 7.07. The van der Waals surface area contributed by atoms with Crippen molar-refractivity contribution in [2.75, 3.05) is 38.8 Å². The van der Waals surface area contributed by atoms with Gasteiger partial charge in [-0.15, -0.1) is 0 Å². The van der Waals surface area contributed by atoms with E-state index in [1.807, 2.05) is 32.7 Å². The second-order valence-corrected chi connectivity index (χ2v) is 7.50. The zero-order valence-corrected chi connectivity index (χ0v) is 16.9. The summed E-state index contributed by atoms with van der Waals surface area (Å²) in [6.45, 7) is 7.42. The van der Waals surface area contributed by atoms with Gasteiger partial charge in [-0.2, -0.15) is 0 Å². The Morgan fingerprint density at radius 2 is 2.11 bits per heavy atom. The third kappa shape index (κ3) is 5.60. The molecule has 2 rings (SSSR count). The molecule has 0 bridgehead atoms. The van der Waals surface area contributed by atoms with Crippen molar-refractivity contribution in [2.24, 2.45) is 0 Å². The lowest BCUT2D eigenvalue weighted by Gasteiger charge is -2.36. The Balaban J connectivity index is 2.06. The van der Waals surface area contributed by atoms with Crippen molar-refractivity contribution in [2.45, 2.75) is 45.2 Å². The van der Waals surface area contributed by atoms with Crippen LogP contribution in [-0.2, 0) is 9.53 Å². The number of fused-ring (bicyclic) bond motifs is 1. The molecule has 2 amide bonds. The highest BCUT2D eigenvalue weighted by Gasteiger charge is 2.29. The lowest BCUT2D eigenvalue weighted by atomic mass is 10.0. The molecule has 0 spiro atoms. The van der Waals surface area contributed by atoms with Crippen molar-refractivity contribution in [1.29, 1.82) is 0 Å². The van der Waals surface area contributed by atoms with Gasteiger partial charge in [0.05, 0.1) is 24.8 Å². The third-order valence-corrected chi connectivity index (χ3v) is 4.95. The fraction of sp³-hybridized carbons (Fsp3) is 0.600. The number of carbonyl (C=O) groups excluding carboxylic acids is 2. The summed E-state index contributed by atoms with van der Waals surface area (Å²) >= 11 is 0. The van der Waals surface area contributed by atoms with Crippen molar-refractivity contribution in [3.8, 4) is 5.75 Å². The third-order valence-electron chi connectivity index (χ3n) is 4.95. The molecule has 1 heterocycles. The first-order valence-electron chi connectivity index (χ1n) is 9.35. The lowest BCUT2D eigenvalue weighted by molar-refractivity contribution is -0.123. The Bertz CT molecular complexity index is 675. The number of ether oxygens (including phenoxy) is 2. The highest BCUT2D eigenvalue weighted by molar-refractivity contribution is 5.95. The second-order valence-electron chi connectivity index (χ2n) is 7.50. The first-order valence-corrected chi connectivity index (χ1v) is 9.35. The maximum absolute atomic E-state index is 12.4. The van der Waals surface area contributed by atoms with Crippen LogP contribution >= 0.6 is 0 Å². The minimum Gasteiger partial charge on any atom is -0.489 e. The smallest absolute Gasteiger partial charge is 0.251 e. The highest BCUT2D eigenvalue weighted by Crippen LogP contribution is 2.34. The van der Waals surface area contributed by atoms with Crippen LogP contribution in [0.15, 0.2) is 18.2 Å². The summed E-state index contributed by atoms with van der Waals surface area (Å²) in [7, 11) is 3.52. The molecule has 0 aromatic heterocycles. The molecule has 7 heteroatoms. The van der Waals surface area contributed by atoms with Crippen LogP contribution < -0.4 is 20.3 Å². The van der Waals surface area contributed by atoms with Crippen LogP contribution in [0.2, 0.25) is 0 Å². The molecule has 1 aliphatic heterocycles. The number of hydrogen-bond acceptors (Lipinski definition) is 5. The van der Waals surface area contributed by atoms with E-state index in [0.29, 0.717) is 31.7 Å². The predicted molar refractivity (Wildman–Crippen MR) is 105 cm³/mol. The molecular formula is C20H31N3O4. The summed E-state index contributed by atoms with van der Waals surface area (Å²) in [6.07, 6.45) is 1.20. The number of rotatable bonds is 8. The molecule has 1 aliphatic rings. The van der Waals surface area contributed by atoms with Crippen LogP contribution in [0.4, 0.5) is 5.69 Å². The molecule has 1 aromatic rings. The normalized spacial score (nSPS) is 16.3. The van der Waals surface area contributed by atoms with Gasteiger partial charge < -0.3 is 25.0 Å². The number of benzene rings is 1. The monoisotopic (exact) mass is 377 g/mol. The Morgan fingerprint density at radius 1 is 1.37 bits per heavy atom. The van der Waals surface area contributed by atoms with E-state index >= 15 is 0 Å². The van der Waals surface area contributed by atoms with E-state index in [2.05, 4.69) is 10.6 Å². The van der Waals surface area contributed by atoms with Crippen LogP contribution in [0.5, 0.6) is 5.75 Å². The fourth-order valence-corrected chi connectivity index (χ4v) is 2.85. The summed E-state index contributed by atoms with van der Waals surface area (Å²) in [5.41, 5.74) is 1.14. The van der Waals surface area contributed by atoms with E-state index < -0.39 is 0 Å². The van der Waals surface area contributed by atoms with Gasteiger partial charge in [0.2, 0.25) is 5.91 Å². The minimum atomic E-state index is -0.226. The van der Waals surface area contributed by atoms with E-state index in [4.69, 9.17) is 9.47 Å². The average Bonchev–Trinajstić information content (AvgIpc) is 2.63. The van der Waals surface area contributed by atoms with Crippen molar-refractivity contribution < 1.29 is 19.1 Å². The molecule has 2 N–H and O–H groups in total. The molecule has 1 aromatic carbocycles. The number of hydrogen-bond donors (Lipinski definition) is 2. The number of methoxy groups -OCH3 is 1. The van der Waals surface area contributed by atoms with E-state index in [1.54, 1.807) is 25.3 Å². The van der Waals surface area contributed by atoms with Gasteiger partial charge in [-0.1, -0.05) is 6.92 Å². The van der Waals surface area contributed by atoms with Crippen molar-refractivity contribution in [3.05, 3.63) is 23.8 Å². The molecule has 0 unspecified atom stereocenters. The minimum absolute atomic E-state index is 0.000728. The summed E-state index contributed by atoms with van der Waals surface area (Å²) in [6, 6.07) is 5.26. The topological polar surface area (TPSA) is 79.9 Å². The lowest BCUT2D eigenvalue weighted by Crippen LogP contribution is -2.48. The van der Waals surface area contributed by atoms with E-state index in [1.165, 1.54) is 0 Å². The molecule has 0 radical (unpaired) electrons. The van der Waals surface area contributed by atoms with Crippen molar-refractivity contribution >= 4 is 17.5 Å². The van der Waals surface area contributed by atoms with Crippen LogP contribution in [-0.4, -0.2) is 57.3 Å². The summed E-state index contributed by atoms with van der Waals surface area (Å²) in [4.78, 5) is 26.7. The molecule has 0 aliphatic carbocycles. The zero-order chi connectivity index (χ0) is 20.0. The SMILES string of the molecule is CCC(C)(C)NC(=O)C[C@H]1COc2ccc(C(=O)NCCOC)cc2N1C.